The molecule has 0 bridgehead atoms. The molecule has 0 spiro atoms. The molecule has 0 saturated carbocycles. The third-order valence-corrected chi connectivity index (χ3v) is 4.48. The van der Waals surface area contributed by atoms with Crippen molar-refractivity contribution in [3.8, 4) is 0 Å². The van der Waals surface area contributed by atoms with Crippen LogP contribution in [0.2, 0.25) is 0 Å². The molecule has 0 N–H and O–H groups in total. The zero-order valence-corrected chi connectivity index (χ0v) is 13.4. The van der Waals surface area contributed by atoms with E-state index in [0.717, 1.165) is 12.1 Å². The second-order valence-electron chi connectivity index (χ2n) is 6.02. The van der Waals surface area contributed by atoms with Crippen molar-refractivity contribution in [3.63, 3.8) is 0 Å². The second kappa shape index (κ2) is 5.69. The molecule has 130 valence electrons. The number of rotatable bonds is 1. The molecular weight excluding hydrogens is 343 g/mol. The smallest absolute Gasteiger partial charge is 0.334 e. The minimum Gasteiger partial charge on any atom is -0.334 e. The van der Waals surface area contributed by atoms with Gasteiger partial charge in [0, 0.05) is 23.4 Å². The molecule has 1 heterocycles. The Balaban J connectivity index is 1.80. The lowest BCUT2D eigenvalue weighted by molar-refractivity contribution is -0.137. The van der Waals surface area contributed by atoms with Crippen LogP contribution in [0.25, 0.3) is 0 Å². The van der Waals surface area contributed by atoms with E-state index in [2.05, 4.69) is 0 Å². The van der Waals surface area contributed by atoms with Gasteiger partial charge in [-0.15, -0.1) is 0 Å². The first-order chi connectivity index (χ1) is 12.4. The van der Waals surface area contributed by atoms with Crippen LogP contribution in [-0.4, -0.2) is 18.1 Å². The summed E-state index contributed by atoms with van der Waals surface area (Å²) in [6.45, 7) is 0.297. The molecule has 0 radical (unpaired) electrons. The zero-order valence-electron chi connectivity index (χ0n) is 13.4. The number of benzene rings is 2. The number of alkyl halides is 3. The molecule has 3 nitrogen and oxygen atoms in total. The van der Waals surface area contributed by atoms with Crippen LogP contribution in [-0.2, 0) is 6.18 Å². The van der Waals surface area contributed by atoms with Gasteiger partial charge in [0.05, 0.1) is 11.1 Å². The minimum absolute atomic E-state index is 0.205. The van der Waals surface area contributed by atoms with E-state index in [0.29, 0.717) is 23.4 Å². The quantitative estimate of drug-likeness (QED) is 0.760. The van der Waals surface area contributed by atoms with E-state index in [-0.39, 0.29) is 22.8 Å². The molecule has 2 aromatic carbocycles. The summed E-state index contributed by atoms with van der Waals surface area (Å²) in [5.74, 6) is -0.567. The third-order valence-electron chi connectivity index (χ3n) is 4.48. The SMILES string of the molecule is O=C1C2=C(C(=O)c3ccccc31)N(c1ccc(C(F)(F)F)cc1)CC=C2. The summed E-state index contributed by atoms with van der Waals surface area (Å²) in [4.78, 5) is 27.2. The van der Waals surface area contributed by atoms with E-state index < -0.39 is 11.7 Å². The van der Waals surface area contributed by atoms with Crippen molar-refractivity contribution < 1.29 is 22.8 Å². The van der Waals surface area contributed by atoms with Crippen LogP contribution in [0.1, 0.15) is 26.3 Å². The maximum absolute atomic E-state index is 12.9. The largest absolute Gasteiger partial charge is 0.416 e. The van der Waals surface area contributed by atoms with Crippen LogP contribution in [0, 0.1) is 0 Å². The summed E-state index contributed by atoms with van der Waals surface area (Å²) in [6, 6.07) is 11.1. The normalized spacial score (nSPS) is 16.7. The number of allylic oxidation sites excluding steroid dienone is 3. The lowest BCUT2D eigenvalue weighted by atomic mass is 9.85. The number of nitrogens with zero attached hydrogens (tertiary/aromatic N) is 1. The van der Waals surface area contributed by atoms with Gasteiger partial charge in [0.1, 0.15) is 5.70 Å². The fraction of sp³-hybridized carbons (Fsp3) is 0.100. The molecule has 1 aliphatic carbocycles. The lowest BCUT2D eigenvalue weighted by Crippen LogP contribution is -2.36. The van der Waals surface area contributed by atoms with Crippen LogP contribution < -0.4 is 4.90 Å². The van der Waals surface area contributed by atoms with Gasteiger partial charge in [-0.25, -0.2) is 0 Å². The van der Waals surface area contributed by atoms with Gasteiger partial charge in [0.15, 0.2) is 5.78 Å². The molecule has 0 unspecified atom stereocenters. The summed E-state index contributed by atoms with van der Waals surface area (Å²) in [5, 5.41) is 0. The summed E-state index contributed by atoms with van der Waals surface area (Å²) in [7, 11) is 0. The summed E-state index contributed by atoms with van der Waals surface area (Å²) in [6.07, 6.45) is -1.11. The van der Waals surface area contributed by atoms with Crippen LogP contribution in [0.5, 0.6) is 0 Å². The van der Waals surface area contributed by atoms with Gasteiger partial charge < -0.3 is 4.90 Å². The van der Waals surface area contributed by atoms with Crippen molar-refractivity contribution in [3.05, 3.63) is 88.6 Å². The van der Waals surface area contributed by atoms with E-state index in [1.54, 1.807) is 41.3 Å². The zero-order chi connectivity index (χ0) is 18.5. The third kappa shape index (κ3) is 2.45. The monoisotopic (exact) mass is 355 g/mol. The molecule has 1 aliphatic heterocycles. The highest BCUT2D eigenvalue weighted by Crippen LogP contribution is 2.35. The van der Waals surface area contributed by atoms with Gasteiger partial charge in [-0.2, -0.15) is 13.2 Å². The van der Waals surface area contributed by atoms with Crippen LogP contribution in [0.4, 0.5) is 18.9 Å². The minimum atomic E-state index is -4.43. The van der Waals surface area contributed by atoms with Gasteiger partial charge >= 0.3 is 6.18 Å². The fourth-order valence-corrected chi connectivity index (χ4v) is 3.24. The first kappa shape index (κ1) is 16.3. The highest BCUT2D eigenvalue weighted by Gasteiger charge is 2.36. The number of Topliss-reactive ketones (excluding diaryl/α,β-unsaturated/α-hetero) is 2. The highest BCUT2D eigenvalue weighted by molar-refractivity contribution is 6.29. The number of hydrogen-bond donors (Lipinski definition) is 0. The van der Waals surface area contributed by atoms with Crippen LogP contribution in [0.3, 0.4) is 0 Å². The molecule has 2 aromatic rings. The molecule has 26 heavy (non-hydrogen) atoms. The summed E-state index contributed by atoms with van der Waals surface area (Å²) < 4.78 is 38.3. The first-order valence-corrected chi connectivity index (χ1v) is 7.92. The van der Waals surface area contributed by atoms with E-state index in [1.807, 2.05) is 0 Å². The van der Waals surface area contributed by atoms with Crippen molar-refractivity contribution >= 4 is 17.3 Å². The Morgan fingerprint density at radius 1 is 0.846 bits per heavy atom. The van der Waals surface area contributed by atoms with Crippen molar-refractivity contribution in [1.82, 2.24) is 0 Å². The predicted molar refractivity (Wildman–Crippen MR) is 90.1 cm³/mol. The van der Waals surface area contributed by atoms with Crippen molar-refractivity contribution in [2.45, 2.75) is 6.18 Å². The average Bonchev–Trinajstić information content (AvgIpc) is 2.65. The maximum atomic E-state index is 12.9. The van der Waals surface area contributed by atoms with E-state index >= 15 is 0 Å². The van der Waals surface area contributed by atoms with E-state index in [1.165, 1.54) is 12.1 Å². The Morgan fingerprint density at radius 3 is 2.08 bits per heavy atom. The molecule has 0 aromatic heterocycles. The van der Waals surface area contributed by atoms with Gasteiger partial charge in [0.2, 0.25) is 5.78 Å². The Labute approximate surface area is 147 Å². The molecule has 4 rings (SSSR count). The number of anilines is 1. The Bertz CT molecular complexity index is 985. The number of hydrogen-bond acceptors (Lipinski definition) is 3. The van der Waals surface area contributed by atoms with E-state index in [4.69, 9.17) is 0 Å². The number of halogens is 3. The fourth-order valence-electron chi connectivity index (χ4n) is 3.24. The Morgan fingerprint density at radius 2 is 1.46 bits per heavy atom. The molecule has 0 fully saturated rings. The first-order valence-electron chi connectivity index (χ1n) is 7.92. The molecule has 0 amide bonds. The maximum Gasteiger partial charge on any atom is 0.416 e. The standard InChI is InChI=1S/C20H12F3NO2/c21-20(22,23)12-7-9-13(10-8-12)24-11-3-6-16-17(24)19(26)15-5-2-1-4-14(15)18(16)25/h1-10H,11H2. The number of carbonyl (C=O) groups excluding carboxylic acids is 2. The predicted octanol–water partition coefficient (Wildman–Crippen LogP) is 4.41. The number of fused-ring (bicyclic) bond motifs is 1. The van der Waals surface area contributed by atoms with Gasteiger partial charge in [-0.3, -0.25) is 9.59 Å². The average molecular weight is 355 g/mol. The van der Waals surface area contributed by atoms with E-state index in [9.17, 15) is 22.8 Å². The van der Waals surface area contributed by atoms with Crippen LogP contribution >= 0.6 is 0 Å². The van der Waals surface area contributed by atoms with Gasteiger partial charge in [-0.05, 0) is 24.3 Å². The van der Waals surface area contributed by atoms with Crippen molar-refractivity contribution in [2.75, 3.05) is 11.4 Å². The van der Waals surface area contributed by atoms with Gasteiger partial charge in [0.25, 0.3) is 0 Å². The molecular formula is C20H12F3NO2. The number of carbonyl (C=O) groups is 2. The topological polar surface area (TPSA) is 37.4 Å². The molecule has 6 heteroatoms. The molecule has 0 atom stereocenters. The van der Waals surface area contributed by atoms with Crippen molar-refractivity contribution in [2.24, 2.45) is 0 Å². The van der Waals surface area contributed by atoms with Crippen LogP contribution in [0.15, 0.2) is 72.0 Å². The lowest BCUT2D eigenvalue weighted by Gasteiger charge is -2.32. The summed E-state index contributed by atoms with van der Waals surface area (Å²) >= 11 is 0. The van der Waals surface area contributed by atoms with Crippen molar-refractivity contribution in [1.29, 1.82) is 0 Å². The highest BCUT2D eigenvalue weighted by atomic mass is 19.4. The molecule has 0 saturated heterocycles. The Hall–Kier alpha value is -3.15. The number of ketones is 2. The van der Waals surface area contributed by atoms with Gasteiger partial charge in [-0.1, -0.05) is 36.4 Å². The summed E-state index contributed by atoms with van der Waals surface area (Å²) in [5.41, 5.74) is 0.782. The second-order valence-corrected chi connectivity index (χ2v) is 6.02. The Kier molecular flexibility index (Phi) is 3.57. The molecule has 2 aliphatic rings.